The standard InChI is InChI=1S/C30H38FN5O7/c1-18-28(42-20(3)38)24-17-41-30(4,5)40-16-23(24)26(33-18)15-34-8-10-35(11-9-34)27-7-6-21(12-25(27)31)36-14-22(43-29(36)39)13-32-19(2)37/h6-7,12,22H,8-11,13-17H2,1-5H3,(H,32,37)/t22-/m0/s1. The van der Waals surface area contributed by atoms with E-state index in [2.05, 4.69) is 10.2 Å². The lowest BCUT2D eigenvalue weighted by atomic mass is 10.0. The molecule has 2 aromatic rings. The van der Waals surface area contributed by atoms with Crippen LogP contribution in [-0.4, -0.2) is 79.0 Å². The number of ether oxygens (including phenoxy) is 4. The maximum Gasteiger partial charge on any atom is 0.414 e. The number of nitrogens with one attached hydrogen (secondary N) is 1. The van der Waals surface area contributed by atoms with Crippen LogP contribution >= 0.6 is 0 Å². The summed E-state index contributed by atoms with van der Waals surface area (Å²) in [6.45, 7) is 12.3. The Balaban J connectivity index is 1.25. The van der Waals surface area contributed by atoms with Gasteiger partial charge in [-0.15, -0.1) is 0 Å². The van der Waals surface area contributed by atoms with E-state index in [0.29, 0.717) is 55.5 Å². The zero-order chi connectivity index (χ0) is 30.9. The highest BCUT2D eigenvalue weighted by molar-refractivity contribution is 5.90. The molecule has 0 radical (unpaired) electrons. The summed E-state index contributed by atoms with van der Waals surface area (Å²) in [5.74, 6) is -1.44. The van der Waals surface area contributed by atoms with Crippen LogP contribution in [0.3, 0.4) is 0 Å². The van der Waals surface area contributed by atoms with Gasteiger partial charge in [0.1, 0.15) is 11.9 Å². The lowest BCUT2D eigenvalue weighted by Crippen LogP contribution is -2.46. The molecule has 3 aliphatic heterocycles. The summed E-state index contributed by atoms with van der Waals surface area (Å²) >= 11 is 0. The molecule has 43 heavy (non-hydrogen) atoms. The van der Waals surface area contributed by atoms with Crippen molar-refractivity contribution in [3.63, 3.8) is 0 Å². The van der Waals surface area contributed by atoms with Crippen molar-refractivity contribution in [1.29, 1.82) is 0 Å². The van der Waals surface area contributed by atoms with Gasteiger partial charge in [0.05, 0.1) is 49.1 Å². The highest BCUT2D eigenvalue weighted by atomic mass is 19.1. The zero-order valence-corrected chi connectivity index (χ0v) is 25.2. The van der Waals surface area contributed by atoms with Gasteiger partial charge in [-0.05, 0) is 39.0 Å². The predicted octanol–water partition coefficient (Wildman–Crippen LogP) is 3.02. The second kappa shape index (κ2) is 12.4. The number of rotatable bonds is 7. The van der Waals surface area contributed by atoms with Crippen molar-refractivity contribution in [2.24, 2.45) is 0 Å². The molecule has 2 amide bonds. The number of aromatic nitrogens is 1. The second-order valence-electron chi connectivity index (χ2n) is 11.5. The van der Waals surface area contributed by atoms with Crippen molar-refractivity contribution < 1.29 is 37.7 Å². The van der Waals surface area contributed by atoms with E-state index in [1.54, 1.807) is 12.1 Å². The van der Waals surface area contributed by atoms with Crippen molar-refractivity contribution in [3.8, 4) is 5.75 Å². The molecule has 0 bridgehead atoms. The van der Waals surface area contributed by atoms with E-state index in [9.17, 15) is 14.4 Å². The van der Waals surface area contributed by atoms with Crippen molar-refractivity contribution >= 4 is 29.3 Å². The predicted molar refractivity (Wildman–Crippen MR) is 154 cm³/mol. The number of piperazine rings is 1. The quantitative estimate of drug-likeness (QED) is 0.475. The van der Waals surface area contributed by atoms with Gasteiger partial charge in [0.15, 0.2) is 11.5 Å². The lowest BCUT2D eigenvalue weighted by molar-refractivity contribution is -0.219. The molecule has 0 saturated carbocycles. The molecule has 1 aromatic carbocycles. The third kappa shape index (κ3) is 7.06. The molecule has 2 fully saturated rings. The normalized spacial score (nSPS) is 20.3. The number of hydrogen-bond donors (Lipinski definition) is 1. The summed E-state index contributed by atoms with van der Waals surface area (Å²) in [6.07, 6.45) is -1.07. The topological polar surface area (TPSA) is 123 Å². The molecule has 0 aliphatic carbocycles. The fraction of sp³-hybridized carbons (Fsp3) is 0.533. The Morgan fingerprint density at radius 2 is 1.81 bits per heavy atom. The Morgan fingerprint density at radius 3 is 2.47 bits per heavy atom. The van der Waals surface area contributed by atoms with Gasteiger partial charge in [0, 0.05) is 57.7 Å². The Kier molecular flexibility index (Phi) is 8.86. The number of amides is 2. The molecule has 232 valence electrons. The number of benzene rings is 1. The number of esters is 1. The zero-order valence-electron chi connectivity index (χ0n) is 25.2. The summed E-state index contributed by atoms with van der Waals surface area (Å²) < 4.78 is 38.1. The number of halogens is 1. The van der Waals surface area contributed by atoms with E-state index in [1.165, 1.54) is 24.8 Å². The SMILES string of the molecule is CC(=O)NC[C@H]1CN(c2ccc(N3CCN(Cc4nc(C)c(OC(C)=O)c5c4COC(C)(C)OC5)CC3)c(F)c2)C(=O)O1. The van der Waals surface area contributed by atoms with Crippen LogP contribution in [0.2, 0.25) is 0 Å². The van der Waals surface area contributed by atoms with Gasteiger partial charge in [-0.25, -0.2) is 9.18 Å². The van der Waals surface area contributed by atoms with E-state index >= 15 is 4.39 Å². The van der Waals surface area contributed by atoms with Crippen LogP contribution < -0.4 is 19.9 Å². The molecule has 1 N–H and O–H groups in total. The van der Waals surface area contributed by atoms with Crippen molar-refractivity contribution in [3.05, 3.63) is 46.5 Å². The van der Waals surface area contributed by atoms with Gasteiger partial charge in [0.25, 0.3) is 0 Å². The summed E-state index contributed by atoms with van der Waals surface area (Å²) in [4.78, 5) is 45.7. The van der Waals surface area contributed by atoms with Crippen LogP contribution in [0, 0.1) is 12.7 Å². The third-order valence-corrected chi connectivity index (χ3v) is 7.77. The van der Waals surface area contributed by atoms with Gasteiger partial charge in [0.2, 0.25) is 5.91 Å². The van der Waals surface area contributed by atoms with Crippen LogP contribution in [0.5, 0.6) is 5.75 Å². The van der Waals surface area contributed by atoms with E-state index in [-0.39, 0.29) is 32.2 Å². The van der Waals surface area contributed by atoms with Crippen LogP contribution in [0.25, 0.3) is 0 Å². The van der Waals surface area contributed by atoms with Gasteiger partial charge >= 0.3 is 12.1 Å². The minimum absolute atomic E-state index is 0.204. The van der Waals surface area contributed by atoms with Crippen molar-refractivity contribution in [2.45, 2.75) is 66.3 Å². The van der Waals surface area contributed by atoms with E-state index in [0.717, 1.165) is 16.8 Å². The Bertz CT molecular complexity index is 1410. The number of hydrogen-bond acceptors (Lipinski definition) is 10. The summed E-state index contributed by atoms with van der Waals surface area (Å²) in [5, 5.41) is 2.63. The maximum atomic E-state index is 15.3. The number of cyclic esters (lactones) is 1. The molecule has 1 atom stereocenters. The van der Waals surface area contributed by atoms with Crippen molar-refractivity contribution in [1.82, 2.24) is 15.2 Å². The number of aryl methyl sites for hydroxylation is 1. The molecular weight excluding hydrogens is 561 g/mol. The molecule has 1 aromatic heterocycles. The molecule has 13 heteroatoms. The van der Waals surface area contributed by atoms with Gasteiger partial charge in [-0.2, -0.15) is 0 Å². The molecule has 3 aliphatic rings. The Labute approximate surface area is 250 Å². The Morgan fingerprint density at radius 1 is 1.12 bits per heavy atom. The number of anilines is 2. The molecular formula is C30H38FN5O7. The van der Waals surface area contributed by atoms with Crippen LogP contribution in [-0.2, 0) is 43.6 Å². The van der Waals surface area contributed by atoms with Crippen molar-refractivity contribution in [2.75, 3.05) is 49.1 Å². The van der Waals surface area contributed by atoms with E-state index in [4.69, 9.17) is 23.9 Å². The first-order valence-electron chi connectivity index (χ1n) is 14.4. The third-order valence-electron chi connectivity index (χ3n) is 7.77. The van der Waals surface area contributed by atoms with Crippen LogP contribution in [0.4, 0.5) is 20.6 Å². The highest BCUT2D eigenvalue weighted by Gasteiger charge is 2.34. The average Bonchev–Trinajstić information content (AvgIpc) is 3.23. The molecule has 12 nitrogen and oxygen atoms in total. The number of nitrogens with zero attached hydrogens (tertiary/aromatic N) is 4. The fourth-order valence-corrected chi connectivity index (χ4v) is 5.49. The summed E-state index contributed by atoms with van der Waals surface area (Å²) in [7, 11) is 0. The first-order chi connectivity index (χ1) is 20.4. The monoisotopic (exact) mass is 599 g/mol. The molecule has 2 saturated heterocycles. The lowest BCUT2D eigenvalue weighted by Gasteiger charge is -2.36. The molecule has 5 rings (SSSR count). The Hall–Kier alpha value is -3.81. The number of pyridine rings is 1. The average molecular weight is 600 g/mol. The number of carbonyl (C=O) groups excluding carboxylic acids is 3. The van der Waals surface area contributed by atoms with Crippen LogP contribution in [0.15, 0.2) is 18.2 Å². The highest BCUT2D eigenvalue weighted by Crippen LogP contribution is 2.35. The number of fused-ring (bicyclic) bond motifs is 1. The fourth-order valence-electron chi connectivity index (χ4n) is 5.49. The first-order valence-corrected chi connectivity index (χ1v) is 14.4. The maximum absolute atomic E-state index is 15.3. The summed E-state index contributed by atoms with van der Waals surface area (Å²) in [5.41, 5.74) is 3.94. The van der Waals surface area contributed by atoms with E-state index < -0.39 is 29.8 Å². The molecule has 4 heterocycles. The smallest absolute Gasteiger partial charge is 0.414 e. The minimum atomic E-state index is -0.799. The second-order valence-corrected chi connectivity index (χ2v) is 11.5. The van der Waals surface area contributed by atoms with Crippen LogP contribution in [0.1, 0.15) is 50.2 Å². The molecule has 0 unspecified atom stereocenters. The van der Waals surface area contributed by atoms with Gasteiger partial charge < -0.3 is 29.2 Å². The number of carbonyl (C=O) groups is 3. The minimum Gasteiger partial charge on any atom is -0.442 e. The van der Waals surface area contributed by atoms with Gasteiger partial charge in [-0.1, -0.05) is 0 Å². The first kappa shape index (κ1) is 30.6. The van der Waals surface area contributed by atoms with Gasteiger partial charge in [-0.3, -0.25) is 24.4 Å². The van der Waals surface area contributed by atoms with E-state index in [1.807, 2.05) is 25.7 Å². The summed E-state index contributed by atoms with van der Waals surface area (Å²) in [6, 6.07) is 4.75. The largest absolute Gasteiger partial charge is 0.442 e. The molecule has 0 spiro atoms.